The number of carbonyl (C=O) groups excluding carboxylic acids is 2. The molecule has 5 aromatic rings. The number of morpholine rings is 1. The van der Waals surface area contributed by atoms with Gasteiger partial charge in [-0.2, -0.15) is 0 Å². The number of phenolic OH excluding ortho intramolecular Hbond substituents is 1. The molecule has 266 valence electrons. The lowest BCUT2D eigenvalue weighted by Gasteiger charge is -2.41. The number of halogens is 2. The van der Waals surface area contributed by atoms with Crippen molar-refractivity contribution >= 4 is 23.2 Å². The predicted molar refractivity (Wildman–Crippen MR) is 190 cm³/mol. The minimum atomic E-state index is -0.655. The lowest BCUT2D eigenvalue weighted by Crippen LogP contribution is -2.52. The van der Waals surface area contributed by atoms with Crippen molar-refractivity contribution in [1.29, 1.82) is 0 Å². The van der Waals surface area contributed by atoms with E-state index in [9.17, 15) is 23.5 Å². The molecule has 2 atom stereocenters. The quantitative estimate of drug-likeness (QED) is 0.205. The highest BCUT2D eigenvalue weighted by Crippen LogP contribution is 2.36. The first-order valence-electron chi connectivity index (χ1n) is 17.5. The van der Waals surface area contributed by atoms with Gasteiger partial charge in [0.1, 0.15) is 23.5 Å². The van der Waals surface area contributed by atoms with Crippen LogP contribution < -0.4 is 4.90 Å². The second-order valence-electron chi connectivity index (χ2n) is 13.5. The van der Waals surface area contributed by atoms with E-state index in [0.717, 1.165) is 25.1 Å². The molecule has 1 saturated heterocycles. The first-order chi connectivity index (χ1) is 25.3. The van der Waals surface area contributed by atoms with Crippen LogP contribution in [0.4, 0.5) is 20.2 Å². The molecular formula is C41H38F2N4O5. The molecule has 4 aromatic carbocycles. The van der Waals surface area contributed by atoms with Gasteiger partial charge < -0.3 is 24.0 Å². The van der Waals surface area contributed by atoms with Crippen LogP contribution in [-0.2, 0) is 35.6 Å². The zero-order valence-electron chi connectivity index (χ0n) is 28.5. The van der Waals surface area contributed by atoms with E-state index in [2.05, 4.69) is 17.0 Å². The number of rotatable bonds is 7. The standard InChI is InChI=1S/C41H38F2N4O5/c42-29-5-8-31(9-6-29)47(32-10-12-34(48)13-11-32)41(50)36-15-16-45-25-39(52-26-38(36)45)37-22-30(43)7-14-35(37)40(49)46-23-28-4-2-1-3-27(28)21-33(46)24-44-17-19-51-20-18-44/h1-16,22,33,39,48H,17-21,23-26H2/t33-,39?/m0/s1. The Labute approximate surface area is 300 Å². The topological polar surface area (TPSA) is 87.5 Å². The van der Waals surface area contributed by atoms with Crippen LogP contribution in [0.25, 0.3) is 0 Å². The largest absolute Gasteiger partial charge is 0.508 e. The summed E-state index contributed by atoms with van der Waals surface area (Å²) >= 11 is 0. The average molecular weight is 705 g/mol. The number of hydrogen-bond acceptors (Lipinski definition) is 6. The van der Waals surface area contributed by atoms with Crippen molar-refractivity contribution in [2.24, 2.45) is 0 Å². The maximum absolute atomic E-state index is 15.0. The summed E-state index contributed by atoms with van der Waals surface area (Å²) in [6.45, 7) is 4.38. The van der Waals surface area contributed by atoms with Crippen LogP contribution in [0, 0.1) is 11.6 Å². The third kappa shape index (κ3) is 6.70. The number of hydrogen-bond donors (Lipinski definition) is 1. The molecule has 11 heteroatoms. The van der Waals surface area contributed by atoms with Gasteiger partial charge in [0.2, 0.25) is 0 Å². The van der Waals surface area contributed by atoms with Gasteiger partial charge in [-0.15, -0.1) is 0 Å². The van der Waals surface area contributed by atoms with Crippen molar-refractivity contribution in [1.82, 2.24) is 14.4 Å². The molecule has 0 saturated carbocycles. The van der Waals surface area contributed by atoms with Crippen molar-refractivity contribution in [3.63, 3.8) is 0 Å². The van der Waals surface area contributed by atoms with Gasteiger partial charge in [-0.1, -0.05) is 24.3 Å². The van der Waals surface area contributed by atoms with Crippen LogP contribution in [0.5, 0.6) is 5.75 Å². The van der Waals surface area contributed by atoms with E-state index in [4.69, 9.17) is 9.47 Å². The second-order valence-corrected chi connectivity index (χ2v) is 13.5. The van der Waals surface area contributed by atoms with Gasteiger partial charge in [0.15, 0.2) is 0 Å². The van der Waals surface area contributed by atoms with Gasteiger partial charge in [0, 0.05) is 55.4 Å². The Morgan fingerprint density at radius 3 is 2.27 bits per heavy atom. The van der Waals surface area contributed by atoms with Crippen LogP contribution >= 0.6 is 0 Å². The zero-order valence-corrected chi connectivity index (χ0v) is 28.5. The number of carbonyl (C=O) groups is 2. The number of nitrogens with zero attached hydrogens (tertiary/aromatic N) is 4. The van der Waals surface area contributed by atoms with Gasteiger partial charge in [0.05, 0.1) is 37.6 Å². The second kappa shape index (κ2) is 14.3. The zero-order chi connectivity index (χ0) is 35.8. The summed E-state index contributed by atoms with van der Waals surface area (Å²) in [6, 6.07) is 25.9. The Balaban J connectivity index is 1.08. The maximum Gasteiger partial charge on any atom is 0.264 e. The number of amides is 2. The van der Waals surface area contributed by atoms with Crippen LogP contribution in [0.15, 0.2) is 103 Å². The van der Waals surface area contributed by atoms with Gasteiger partial charge in [-0.05, 0) is 95.9 Å². The first-order valence-corrected chi connectivity index (χ1v) is 17.5. The van der Waals surface area contributed by atoms with Gasteiger partial charge in [-0.3, -0.25) is 19.4 Å². The molecule has 0 aliphatic carbocycles. The first kappa shape index (κ1) is 33.8. The minimum absolute atomic E-state index is 0.0342. The molecule has 1 unspecified atom stereocenters. The summed E-state index contributed by atoms with van der Waals surface area (Å²) in [5, 5.41) is 9.88. The van der Waals surface area contributed by atoms with Gasteiger partial charge >= 0.3 is 0 Å². The molecule has 1 aromatic heterocycles. The highest BCUT2D eigenvalue weighted by molar-refractivity contribution is 6.11. The van der Waals surface area contributed by atoms with E-state index in [-0.39, 0.29) is 36.8 Å². The lowest BCUT2D eigenvalue weighted by molar-refractivity contribution is 0.00120. The van der Waals surface area contributed by atoms with E-state index >= 15 is 0 Å². The summed E-state index contributed by atoms with van der Waals surface area (Å²) in [5.41, 5.74) is 5.11. The Kier molecular flexibility index (Phi) is 9.31. The number of benzene rings is 4. The van der Waals surface area contributed by atoms with Gasteiger partial charge in [-0.25, -0.2) is 8.78 Å². The van der Waals surface area contributed by atoms with Crippen LogP contribution in [0.2, 0.25) is 0 Å². The number of phenols is 1. The molecule has 0 spiro atoms. The fourth-order valence-corrected chi connectivity index (χ4v) is 7.55. The molecule has 2 amide bonds. The SMILES string of the molecule is O=C(c1ccn2c1COC(c1cc(F)ccc1C(=O)N1Cc3ccccc3C[C@H]1CN1CCOCC1)C2)N(c1ccc(O)cc1)c1ccc(F)cc1. The number of ether oxygens (including phenoxy) is 2. The monoisotopic (exact) mass is 704 g/mol. The van der Waals surface area contributed by atoms with E-state index in [1.165, 1.54) is 59.0 Å². The maximum atomic E-state index is 15.0. The number of aromatic nitrogens is 1. The molecular weight excluding hydrogens is 666 g/mol. The molecule has 52 heavy (non-hydrogen) atoms. The molecule has 8 rings (SSSR count). The smallest absolute Gasteiger partial charge is 0.264 e. The van der Waals surface area contributed by atoms with Crippen LogP contribution in [0.1, 0.15) is 49.2 Å². The van der Waals surface area contributed by atoms with E-state index in [1.807, 2.05) is 21.6 Å². The number of fused-ring (bicyclic) bond motifs is 2. The normalized spacial score (nSPS) is 18.8. The van der Waals surface area contributed by atoms with E-state index in [1.54, 1.807) is 30.5 Å². The van der Waals surface area contributed by atoms with Crippen molar-refractivity contribution in [2.45, 2.75) is 38.3 Å². The third-order valence-electron chi connectivity index (χ3n) is 10.3. The Morgan fingerprint density at radius 2 is 1.52 bits per heavy atom. The molecule has 3 aliphatic heterocycles. The van der Waals surface area contributed by atoms with Crippen molar-refractivity contribution < 1.29 is 33.0 Å². The average Bonchev–Trinajstić information content (AvgIpc) is 3.60. The molecule has 1 fully saturated rings. The molecule has 9 nitrogen and oxygen atoms in total. The number of aromatic hydroxyl groups is 1. The highest BCUT2D eigenvalue weighted by atomic mass is 19.1. The fraction of sp³-hybridized carbons (Fsp3) is 0.268. The van der Waals surface area contributed by atoms with Crippen LogP contribution in [-0.4, -0.2) is 70.2 Å². The predicted octanol–water partition coefficient (Wildman–Crippen LogP) is 6.62. The van der Waals surface area contributed by atoms with Crippen LogP contribution in [0.3, 0.4) is 0 Å². The molecule has 4 heterocycles. The third-order valence-corrected chi connectivity index (χ3v) is 10.3. The molecule has 0 bridgehead atoms. The van der Waals surface area contributed by atoms with Crippen molar-refractivity contribution in [3.8, 4) is 5.75 Å². The summed E-state index contributed by atoms with van der Waals surface area (Å²) in [4.78, 5) is 34.5. The minimum Gasteiger partial charge on any atom is -0.508 e. The fourth-order valence-electron chi connectivity index (χ4n) is 7.55. The molecule has 1 N–H and O–H groups in total. The lowest BCUT2D eigenvalue weighted by atomic mass is 9.91. The Hall–Kier alpha value is -5.36. The van der Waals surface area contributed by atoms with Gasteiger partial charge in [0.25, 0.3) is 11.8 Å². The molecule has 0 radical (unpaired) electrons. The van der Waals surface area contributed by atoms with E-state index in [0.29, 0.717) is 60.1 Å². The Bertz CT molecular complexity index is 2050. The summed E-state index contributed by atoms with van der Waals surface area (Å²) in [7, 11) is 0. The van der Waals surface area contributed by atoms with E-state index < -0.39 is 17.7 Å². The molecule has 3 aliphatic rings. The summed E-state index contributed by atoms with van der Waals surface area (Å²) in [5.74, 6) is -1.41. The highest BCUT2D eigenvalue weighted by Gasteiger charge is 2.35. The summed E-state index contributed by atoms with van der Waals surface area (Å²) in [6.07, 6.45) is 1.86. The Morgan fingerprint density at radius 1 is 0.827 bits per heavy atom. The van der Waals surface area contributed by atoms with Crippen molar-refractivity contribution in [3.05, 3.63) is 148 Å². The number of anilines is 2. The summed E-state index contributed by atoms with van der Waals surface area (Å²) < 4.78 is 42.7. The van der Waals surface area contributed by atoms with Crippen molar-refractivity contribution in [2.75, 3.05) is 37.7 Å².